The number of rotatable bonds is 7. The van der Waals surface area contributed by atoms with Gasteiger partial charge >= 0.3 is 0 Å². The van der Waals surface area contributed by atoms with Crippen LogP contribution in [0.15, 0.2) is 57.8 Å². The summed E-state index contributed by atoms with van der Waals surface area (Å²) in [5.41, 5.74) is 3.36. The van der Waals surface area contributed by atoms with Gasteiger partial charge in [-0.1, -0.05) is 61.5 Å². The number of amides is 1. The first-order valence-electron chi connectivity index (χ1n) is 10.2. The molecular weight excluding hydrogens is 478 g/mol. The number of hydrogen-bond acceptors (Lipinski definition) is 6. The molecular formula is C24H22ClN3O3S2. The molecule has 9 heteroatoms. The fourth-order valence-electron chi connectivity index (χ4n) is 3.36. The number of carbonyl (C=O) groups is 1. The number of thiophene rings is 1. The van der Waals surface area contributed by atoms with Crippen molar-refractivity contribution < 1.29 is 9.53 Å². The zero-order valence-corrected chi connectivity index (χ0v) is 20.7. The lowest BCUT2D eigenvalue weighted by Gasteiger charge is -2.10. The summed E-state index contributed by atoms with van der Waals surface area (Å²) in [5.74, 6) is 0.762. The number of halogens is 1. The summed E-state index contributed by atoms with van der Waals surface area (Å²) < 4.78 is 5.25. The maximum Gasteiger partial charge on any atom is 0.260 e. The quantitative estimate of drug-likeness (QED) is 0.235. The second-order valence-corrected chi connectivity index (χ2v) is 9.92. The van der Waals surface area contributed by atoms with Crippen molar-refractivity contribution in [2.45, 2.75) is 24.9 Å². The third-order valence-corrected chi connectivity index (χ3v) is 7.07. The molecule has 0 atom stereocenters. The van der Waals surface area contributed by atoms with Gasteiger partial charge in [0.2, 0.25) is 5.91 Å². The summed E-state index contributed by atoms with van der Waals surface area (Å²) in [6, 6.07) is 13.2. The third-order valence-electron chi connectivity index (χ3n) is 5.09. The SMILES string of the molecule is COc1ccc(Cl)cc1NC(=O)CSc1nc2scc(-c3ccc(C(C)C)cc3)c2c(=O)[nH]1. The lowest BCUT2D eigenvalue weighted by Crippen LogP contribution is -2.16. The molecule has 0 radical (unpaired) electrons. The molecule has 1 amide bonds. The molecule has 0 spiro atoms. The van der Waals surface area contributed by atoms with E-state index in [0.717, 1.165) is 22.9 Å². The van der Waals surface area contributed by atoms with E-state index >= 15 is 0 Å². The number of nitrogens with one attached hydrogen (secondary N) is 2. The van der Waals surface area contributed by atoms with E-state index in [1.165, 1.54) is 24.0 Å². The molecule has 0 aliphatic heterocycles. The van der Waals surface area contributed by atoms with Gasteiger partial charge in [0.15, 0.2) is 5.16 Å². The molecule has 0 aliphatic carbocycles. The molecule has 0 unspecified atom stereocenters. The Morgan fingerprint density at radius 3 is 2.70 bits per heavy atom. The van der Waals surface area contributed by atoms with Gasteiger partial charge in [0.25, 0.3) is 5.56 Å². The van der Waals surface area contributed by atoms with E-state index in [1.807, 2.05) is 17.5 Å². The van der Waals surface area contributed by atoms with Crippen molar-refractivity contribution in [1.29, 1.82) is 0 Å². The molecule has 6 nitrogen and oxygen atoms in total. The van der Waals surface area contributed by atoms with Crippen LogP contribution in [-0.4, -0.2) is 28.7 Å². The van der Waals surface area contributed by atoms with Crippen molar-refractivity contribution >= 4 is 56.5 Å². The molecule has 4 aromatic rings. The fraction of sp³-hybridized carbons (Fsp3) is 0.208. The van der Waals surface area contributed by atoms with Crippen LogP contribution < -0.4 is 15.6 Å². The van der Waals surface area contributed by atoms with Gasteiger partial charge in [0.05, 0.1) is 23.9 Å². The van der Waals surface area contributed by atoms with Crippen molar-refractivity contribution in [3.8, 4) is 16.9 Å². The predicted octanol–water partition coefficient (Wildman–Crippen LogP) is 6.17. The van der Waals surface area contributed by atoms with Crippen molar-refractivity contribution in [2.24, 2.45) is 0 Å². The highest BCUT2D eigenvalue weighted by molar-refractivity contribution is 7.99. The number of aromatic amines is 1. The van der Waals surface area contributed by atoms with Crippen LogP contribution in [0.1, 0.15) is 25.3 Å². The van der Waals surface area contributed by atoms with E-state index in [0.29, 0.717) is 37.8 Å². The van der Waals surface area contributed by atoms with E-state index < -0.39 is 0 Å². The Morgan fingerprint density at radius 1 is 1.24 bits per heavy atom. The molecule has 0 saturated carbocycles. The van der Waals surface area contributed by atoms with Crippen LogP contribution >= 0.6 is 34.7 Å². The van der Waals surface area contributed by atoms with Gasteiger partial charge in [-0.3, -0.25) is 9.59 Å². The monoisotopic (exact) mass is 499 g/mol. The van der Waals surface area contributed by atoms with Crippen molar-refractivity contribution in [2.75, 3.05) is 18.2 Å². The minimum atomic E-state index is -0.263. The van der Waals surface area contributed by atoms with Gasteiger partial charge in [-0.15, -0.1) is 11.3 Å². The normalized spacial score (nSPS) is 11.2. The van der Waals surface area contributed by atoms with Crippen molar-refractivity contribution in [3.05, 3.63) is 68.8 Å². The fourth-order valence-corrected chi connectivity index (χ4v) is 5.19. The van der Waals surface area contributed by atoms with Crippen LogP contribution in [0.5, 0.6) is 5.75 Å². The summed E-state index contributed by atoms with van der Waals surface area (Å²) in [5, 5.41) is 6.17. The summed E-state index contributed by atoms with van der Waals surface area (Å²) in [7, 11) is 1.52. The number of thioether (sulfide) groups is 1. The van der Waals surface area contributed by atoms with Crippen molar-refractivity contribution in [3.63, 3.8) is 0 Å². The smallest absolute Gasteiger partial charge is 0.260 e. The highest BCUT2D eigenvalue weighted by Crippen LogP contribution is 2.32. The predicted molar refractivity (Wildman–Crippen MR) is 137 cm³/mol. The maximum atomic E-state index is 12.9. The zero-order chi connectivity index (χ0) is 23.5. The first-order chi connectivity index (χ1) is 15.9. The van der Waals surface area contributed by atoms with Crippen LogP contribution in [0.2, 0.25) is 5.02 Å². The number of methoxy groups -OCH3 is 1. The molecule has 0 fully saturated rings. The number of benzene rings is 2. The second kappa shape index (κ2) is 9.99. The van der Waals surface area contributed by atoms with Gasteiger partial charge in [0.1, 0.15) is 10.6 Å². The van der Waals surface area contributed by atoms with Crippen LogP contribution in [0, 0.1) is 0 Å². The number of aromatic nitrogens is 2. The first-order valence-corrected chi connectivity index (χ1v) is 12.5. The molecule has 2 heterocycles. The Hall–Kier alpha value is -2.81. The molecule has 0 aliphatic rings. The van der Waals surface area contributed by atoms with Gasteiger partial charge < -0.3 is 15.0 Å². The average molecular weight is 500 g/mol. The van der Waals surface area contributed by atoms with E-state index in [4.69, 9.17) is 16.3 Å². The molecule has 4 rings (SSSR count). The third kappa shape index (κ3) is 5.24. The highest BCUT2D eigenvalue weighted by Gasteiger charge is 2.15. The van der Waals surface area contributed by atoms with Crippen LogP contribution in [0.25, 0.3) is 21.3 Å². The van der Waals surface area contributed by atoms with E-state index in [2.05, 4.69) is 41.3 Å². The van der Waals surface area contributed by atoms with Crippen LogP contribution in [-0.2, 0) is 4.79 Å². The minimum absolute atomic E-state index is 0.0685. The molecule has 2 aromatic carbocycles. The average Bonchev–Trinajstić information content (AvgIpc) is 3.22. The standard InChI is InChI=1S/C24H22ClN3O3S2/c1-13(2)14-4-6-15(7-5-14)17-11-32-23-21(17)22(30)27-24(28-23)33-12-20(29)26-18-10-16(25)8-9-19(18)31-3/h4-11,13H,12H2,1-3H3,(H,26,29)(H,27,28,30). The number of ether oxygens (including phenoxy) is 1. The van der Waals surface area contributed by atoms with E-state index in [1.54, 1.807) is 18.2 Å². The summed E-state index contributed by atoms with van der Waals surface area (Å²) in [6.07, 6.45) is 0. The van der Waals surface area contributed by atoms with Gasteiger partial charge in [-0.05, 0) is 35.2 Å². The largest absolute Gasteiger partial charge is 0.495 e. The van der Waals surface area contributed by atoms with Crippen LogP contribution in [0.3, 0.4) is 0 Å². The Bertz CT molecular complexity index is 1360. The van der Waals surface area contributed by atoms with E-state index in [9.17, 15) is 9.59 Å². The molecule has 2 aromatic heterocycles. The van der Waals surface area contributed by atoms with Crippen LogP contribution in [0.4, 0.5) is 5.69 Å². The number of nitrogens with zero attached hydrogens (tertiary/aromatic N) is 1. The number of anilines is 1. The van der Waals surface area contributed by atoms with Gasteiger partial charge in [-0.2, -0.15) is 0 Å². The Balaban J connectivity index is 1.50. The Labute approximate surface area is 204 Å². The Morgan fingerprint density at radius 2 is 2.00 bits per heavy atom. The number of H-pyrrole nitrogens is 1. The molecule has 0 saturated heterocycles. The molecule has 170 valence electrons. The topological polar surface area (TPSA) is 84.1 Å². The lowest BCUT2D eigenvalue weighted by atomic mass is 9.99. The summed E-state index contributed by atoms with van der Waals surface area (Å²) in [6.45, 7) is 4.29. The number of carbonyl (C=O) groups excluding carboxylic acids is 1. The van der Waals surface area contributed by atoms with E-state index in [-0.39, 0.29) is 17.2 Å². The molecule has 0 bridgehead atoms. The van der Waals surface area contributed by atoms with Crippen molar-refractivity contribution in [1.82, 2.24) is 9.97 Å². The zero-order valence-electron chi connectivity index (χ0n) is 18.3. The van der Waals surface area contributed by atoms with Gasteiger partial charge in [0, 0.05) is 16.0 Å². The second-order valence-electron chi connectivity index (χ2n) is 7.66. The maximum absolute atomic E-state index is 12.9. The van der Waals surface area contributed by atoms with Gasteiger partial charge in [-0.25, -0.2) is 4.98 Å². The number of hydrogen-bond donors (Lipinski definition) is 2. The minimum Gasteiger partial charge on any atom is -0.495 e. The number of fused-ring (bicyclic) bond motifs is 1. The molecule has 2 N–H and O–H groups in total. The first kappa shape index (κ1) is 23.4. The summed E-state index contributed by atoms with van der Waals surface area (Å²) >= 11 is 8.58. The molecule has 33 heavy (non-hydrogen) atoms. The highest BCUT2D eigenvalue weighted by atomic mass is 35.5. The lowest BCUT2D eigenvalue weighted by molar-refractivity contribution is -0.113. The Kier molecular flexibility index (Phi) is 7.07. The summed E-state index contributed by atoms with van der Waals surface area (Å²) in [4.78, 5) is 33.3.